The van der Waals surface area contributed by atoms with Gasteiger partial charge in [-0.2, -0.15) is 0 Å². The molecule has 0 aliphatic rings. The van der Waals surface area contributed by atoms with Gasteiger partial charge < -0.3 is 15.2 Å². The topological polar surface area (TPSA) is 118 Å². The van der Waals surface area contributed by atoms with Crippen LogP contribution in [0.25, 0.3) is 0 Å². The van der Waals surface area contributed by atoms with Crippen LogP contribution in [0.2, 0.25) is 0 Å². The molecule has 0 saturated heterocycles. The van der Waals surface area contributed by atoms with Crippen molar-refractivity contribution in [1.82, 2.24) is 0 Å². The van der Waals surface area contributed by atoms with Crippen molar-refractivity contribution < 1.29 is 23.1 Å². The average molecular weight is 581 g/mol. The number of carbonyl (C=O) groups excluding carboxylic acids is 1. The van der Waals surface area contributed by atoms with E-state index >= 15 is 0 Å². The highest BCUT2D eigenvalue weighted by Crippen LogP contribution is 2.31. The summed E-state index contributed by atoms with van der Waals surface area (Å²) >= 11 is 0. The molecule has 0 fully saturated rings. The zero-order valence-corrected chi connectivity index (χ0v) is 24.0. The standard InChI is InChI=1S/C33H30N4O4S/c1-23-7-19-29(20-8-23)37(33(38)31-5-3-4-6-32(31)42(39,40)41)30-21-17-28(18-22-30)36-27-15-13-26(14-16-27)35-25-11-9-24(34-2)10-12-25/h3-22,34-36H,1-2H3,(H,39,40,41)/p+2. The lowest BCUT2D eigenvalue weighted by atomic mass is 10.1. The Morgan fingerprint density at radius 1 is 0.690 bits per heavy atom. The Morgan fingerprint density at radius 3 is 1.69 bits per heavy atom. The van der Waals surface area contributed by atoms with Crippen molar-refractivity contribution in [1.29, 1.82) is 0 Å². The van der Waals surface area contributed by atoms with Crippen LogP contribution in [0, 0.1) is 6.92 Å². The number of benzene rings is 5. The zero-order chi connectivity index (χ0) is 29.7. The Morgan fingerprint density at radius 2 is 1.17 bits per heavy atom. The number of quaternary nitrogens is 1. The van der Waals surface area contributed by atoms with E-state index in [0.29, 0.717) is 11.4 Å². The van der Waals surface area contributed by atoms with Crippen molar-refractivity contribution in [3.63, 3.8) is 0 Å². The first kappa shape index (κ1) is 28.6. The summed E-state index contributed by atoms with van der Waals surface area (Å²) < 4.78 is 31.9. The monoisotopic (exact) mass is 580 g/mol. The SMILES string of the molecule is CNc1ccc([NH2+]c2ccc(Nc3ccc(N(C(=O)c4ccccc4S(=O)(=O)[OH2+])c4ccc(C)cc4)cc3)cc2)cc1. The van der Waals surface area contributed by atoms with Gasteiger partial charge in [-0.15, -0.1) is 8.42 Å². The fourth-order valence-electron chi connectivity index (χ4n) is 4.54. The molecule has 42 heavy (non-hydrogen) atoms. The van der Waals surface area contributed by atoms with Crippen LogP contribution in [0.15, 0.2) is 126 Å². The molecule has 212 valence electrons. The number of nitrogens with one attached hydrogen (secondary N) is 2. The van der Waals surface area contributed by atoms with Crippen LogP contribution in [0.5, 0.6) is 0 Å². The van der Waals surface area contributed by atoms with Gasteiger partial charge in [0.05, 0.1) is 5.56 Å². The third kappa shape index (κ3) is 6.67. The maximum absolute atomic E-state index is 13.8. The molecule has 5 rings (SSSR count). The number of nitrogens with two attached hydrogens (primary N) is 1. The quantitative estimate of drug-likeness (QED) is 0.153. The predicted octanol–water partition coefficient (Wildman–Crippen LogP) is 5.70. The Bertz CT molecular complexity index is 1790. The normalized spacial score (nSPS) is 11.1. The molecule has 0 saturated carbocycles. The van der Waals surface area contributed by atoms with Crippen LogP contribution in [-0.4, -0.2) is 25.9 Å². The lowest BCUT2D eigenvalue weighted by molar-refractivity contribution is -0.478. The third-order valence-electron chi connectivity index (χ3n) is 6.76. The van der Waals surface area contributed by atoms with Crippen molar-refractivity contribution in [2.45, 2.75) is 11.8 Å². The van der Waals surface area contributed by atoms with E-state index in [4.69, 9.17) is 4.55 Å². The van der Waals surface area contributed by atoms with Gasteiger partial charge in [-0.05, 0) is 79.7 Å². The molecule has 0 bridgehead atoms. The van der Waals surface area contributed by atoms with Crippen molar-refractivity contribution in [2.24, 2.45) is 0 Å². The first-order valence-electron chi connectivity index (χ1n) is 13.3. The molecule has 0 unspecified atom stereocenters. The predicted molar refractivity (Wildman–Crippen MR) is 168 cm³/mol. The summed E-state index contributed by atoms with van der Waals surface area (Å²) in [6.45, 7) is 1.95. The van der Waals surface area contributed by atoms with Crippen LogP contribution in [-0.2, 0) is 10.1 Å². The number of amides is 1. The number of carbonyl (C=O) groups is 1. The number of rotatable bonds is 9. The molecule has 0 atom stereocenters. The van der Waals surface area contributed by atoms with E-state index in [9.17, 15) is 13.2 Å². The Balaban J connectivity index is 1.37. The van der Waals surface area contributed by atoms with E-state index in [0.717, 1.165) is 34.0 Å². The fraction of sp³-hybridized carbons (Fsp3) is 0.0606. The highest BCUT2D eigenvalue weighted by molar-refractivity contribution is 7.86. The van der Waals surface area contributed by atoms with Crippen LogP contribution < -0.4 is 20.9 Å². The van der Waals surface area contributed by atoms with Crippen LogP contribution in [0.1, 0.15) is 15.9 Å². The molecule has 8 nitrogen and oxygen atoms in total. The molecule has 0 aliphatic carbocycles. The molecule has 5 aromatic carbocycles. The smallest absolute Gasteiger partial charge is 0.388 e. The molecule has 0 heterocycles. The highest BCUT2D eigenvalue weighted by Gasteiger charge is 2.28. The van der Waals surface area contributed by atoms with Crippen molar-refractivity contribution in [2.75, 3.05) is 22.6 Å². The third-order valence-corrected chi connectivity index (χ3v) is 7.69. The van der Waals surface area contributed by atoms with E-state index < -0.39 is 16.0 Å². The van der Waals surface area contributed by atoms with Gasteiger partial charge in [0.25, 0.3) is 5.91 Å². The Hall–Kier alpha value is -4.96. The molecule has 6 N–H and O–H groups in total. The molecule has 9 heteroatoms. The molecule has 5 aromatic rings. The van der Waals surface area contributed by atoms with Gasteiger partial charge in [0.15, 0.2) is 4.90 Å². The maximum Gasteiger partial charge on any atom is 0.409 e. The van der Waals surface area contributed by atoms with Gasteiger partial charge in [0, 0.05) is 59.8 Å². The minimum absolute atomic E-state index is 0.0647. The molecule has 0 spiro atoms. The van der Waals surface area contributed by atoms with Crippen molar-refractivity contribution >= 4 is 55.8 Å². The summed E-state index contributed by atoms with van der Waals surface area (Å²) in [4.78, 5) is 15.0. The second kappa shape index (κ2) is 12.3. The van der Waals surface area contributed by atoms with Crippen molar-refractivity contribution in [3.8, 4) is 0 Å². The van der Waals surface area contributed by atoms with Crippen molar-refractivity contribution in [3.05, 3.63) is 132 Å². The maximum atomic E-state index is 13.8. The second-order valence-electron chi connectivity index (χ2n) is 9.79. The van der Waals surface area contributed by atoms with E-state index in [1.165, 1.54) is 23.1 Å². The summed E-state index contributed by atoms with van der Waals surface area (Å²) in [7, 11) is -2.47. The molecule has 0 radical (unpaired) electrons. The largest absolute Gasteiger partial charge is 0.409 e. The van der Waals surface area contributed by atoms with Gasteiger partial charge in [0.1, 0.15) is 11.4 Å². The number of nitrogens with zero attached hydrogens (tertiary/aromatic N) is 1. The molecule has 1 amide bonds. The van der Waals surface area contributed by atoms with E-state index in [-0.39, 0.29) is 10.5 Å². The number of aryl methyl sites for hydroxylation is 1. The summed E-state index contributed by atoms with van der Waals surface area (Å²) in [6, 6.07) is 36.8. The van der Waals surface area contributed by atoms with Gasteiger partial charge in [-0.25, -0.2) is 0 Å². The first-order valence-corrected chi connectivity index (χ1v) is 14.8. The first-order chi connectivity index (χ1) is 20.2. The molecule has 0 aliphatic heterocycles. The van der Waals surface area contributed by atoms with Gasteiger partial charge in [-0.3, -0.25) is 15.0 Å². The minimum Gasteiger partial charge on any atom is -0.388 e. The minimum atomic E-state index is -4.36. The molecule has 0 aromatic heterocycles. The zero-order valence-electron chi connectivity index (χ0n) is 23.2. The summed E-state index contributed by atoms with van der Waals surface area (Å²) in [6.07, 6.45) is 0. The van der Waals surface area contributed by atoms with E-state index in [1.807, 2.05) is 86.8 Å². The lowest BCUT2D eigenvalue weighted by Crippen LogP contribution is -2.70. The lowest BCUT2D eigenvalue weighted by Gasteiger charge is -2.24. The van der Waals surface area contributed by atoms with Gasteiger partial charge in [-0.1, -0.05) is 29.8 Å². The fourth-order valence-corrected chi connectivity index (χ4v) is 5.24. The average Bonchev–Trinajstić information content (AvgIpc) is 3.00. The highest BCUT2D eigenvalue weighted by atomic mass is 32.2. The molecular formula is C33H32N4O4S+2. The van der Waals surface area contributed by atoms with Crippen LogP contribution in [0.4, 0.5) is 39.8 Å². The van der Waals surface area contributed by atoms with E-state index in [1.54, 1.807) is 18.2 Å². The van der Waals surface area contributed by atoms with Crippen LogP contribution >= 0.6 is 0 Å². The number of hydrogen-bond acceptors (Lipinski definition) is 5. The summed E-state index contributed by atoms with van der Waals surface area (Å²) in [5, 5.41) is 8.61. The summed E-state index contributed by atoms with van der Waals surface area (Å²) in [5.74, 6) is -0.543. The summed E-state index contributed by atoms with van der Waals surface area (Å²) in [5.41, 5.74) is 7.08. The van der Waals surface area contributed by atoms with Crippen LogP contribution in [0.3, 0.4) is 0 Å². The Labute approximate surface area is 245 Å². The number of hydrogen-bond donors (Lipinski definition) is 3. The van der Waals surface area contributed by atoms with E-state index in [2.05, 4.69) is 28.1 Å². The number of anilines is 5. The van der Waals surface area contributed by atoms with Gasteiger partial charge >= 0.3 is 10.1 Å². The van der Waals surface area contributed by atoms with Gasteiger partial charge in [0.2, 0.25) is 0 Å². The Kier molecular flexibility index (Phi) is 8.35. The molecular weight excluding hydrogens is 548 g/mol. The second-order valence-corrected chi connectivity index (χ2v) is 11.2.